The molecule has 0 saturated heterocycles. The molecule has 0 amide bonds. The number of rotatable bonds is 4. The maximum Gasteiger partial charge on any atom is 0.0502 e. The molecule has 0 aromatic heterocycles. The fourth-order valence-corrected chi connectivity index (χ4v) is 11.2. The standard InChI is InChI=1S/C57H46N2/c1-56(2)49-16-6-9-19-54(49)59(55-20-10-7-17-50(55)56)46-27-26-41-32-38(23-25-42(41)34-46)21-22-39-24-29-47-48-30-28-45(58-31-11-15-40-12-5-8-18-53(40)58)35-52(48)57(51(47)33-39)36-43-13-3-4-14-44(43)37-57/h3-10,12-14,16-30,32-35H,11,15,31,36-37H2,1-2H3/b22-21+. The SMILES string of the molecule is CC1(C)c2ccccc2N(c2ccc3cc(/C=C/c4ccc5c(c4)C4(Cc6ccccc6C4)c4cc(N6CCCc7ccccc76)ccc4-5)ccc3c2)c2ccccc21. The van der Waals surface area contributed by atoms with Gasteiger partial charge in [-0.2, -0.15) is 0 Å². The molecule has 0 fully saturated rings. The molecule has 0 N–H and O–H groups in total. The molecule has 2 nitrogen and oxygen atoms in total. The van der Waals surface area contributed by atoms with E-state index < -0.39 is 0 Å². The molecule has 0 atom stereocenters. The van der Waals surface area contributed by atoms with Crippen molar-refractivity contribution in [3.05, 3.63) is 220 Å². The zero-order valence-corrected chi connectivity index (χ0v) is 33.8. The summed E-state index contributed by atoms with van der Waals surface area (Å²) in [6.07, 6.45) is 9.01. The van der Waals surface area contributed by atoms with Gasteiger partial charge >= 0.3 is 0 Å². The maximum absolute atomic E-state index is 2.56. The van der Waals surface area contributed by atoms with Gasteiger partial charge in [0, 0.05) is 34.4 Å². The average Bonchev–Trinajstić information content (AvgIpc) is 3.80. The molecule has 0 bridgehead atoms. The van der Waals surface area contributed by atoms with Crippen molar-refractivity contribution in [2.45, 2.75) is 50.4 Å². The van der Waals surface area contributed by atoms with E-state index in [-0.39, 0.29) is 10.8 Å². The molecule has 1 spiro atoms. The smallest absolute Gasteiger partial charge is 0.0502 e. The van der Waals surface area contributed by atoms with E-state index in [1.54, 1.807) is 0 Å². The van der Waals surface area contributed by atoms with Crippen LogP contribution in [0.15, 0.2) is 170 Å². The molecule has 0 saturated carbocycles. The van der Waals surface area contributed by atoms with Gasteiger partial charge in [0.25, 0.3) is 0 Å². The summed E-state index contributed by atoms with van der Waals surface area (Å²) in [7, 11) is 0. The molecule has 0 unspecified atom stereocenters. The Labute approximate surface area is 347 Å². The summed E-state index contributed by atoms with van der Waals surface area (Å²) in [6.45, 7) is 5.74. The Kier molecular flexibility index (Phi) is 7.54. The van der Waals surface area contributed by atoms with Gasteiger partial charge < -0.3 is 9.80 Å². The Morgan fingerprint density at radius 1 is 0.458 bits per heavy atom. The van der Waals surface area contributed by atoms with Crippen LogP contribution in [-0.2, 0) is 30.1 Å². The first-order valence-electron chi connectivity index (χ1n) is 21.4. The second-order valence-electron chi connectivity index (χ2n) is 17.7. The van der Waals surface area contributed by atoms with E-state index in [1.165, 1.54) is 107 Å². The number of aryl methyl sites for hydroxylation is 1. The topological polar surface area (TPSA) is 6.48 Å². The van der Waals surface area contributed by atoms with Crippen molar-refractivity contribution in [1.82, 2.24) is 0 Å². The number of hydrogen-bond donors (Lipinski definition) is 0. The van der Waals surface area contributed by atoms with Gasteiger partial charge in [-0.1, -0.05) is 147 Å². The molecule has 0 radical (unpaired) electrons. The number of fused-ring (bicyclic) bond motifs is 10. The highest BCUT2D eigenvalue weighted by Crippen LogP contribution is 2.57. The second-order valence-corrected chi connectivity index (χ2v) is 17.7. The zero-order chi connectivity index (χ0) is 39.3. The van der Waals surface area contributed by atoms with E-state index in [2.05, 4.69) is 206 Å². The predicted octanol–water partition coefficient (Wildman–Crippen LogP) is 14.3. The van der Waals surface area contributed by atoms with Crippen LogP contribution in [0.1, 0.15) is 70.3 Å². The predicted molar refractivity (Wildman–Crippen MR) is 248 cm³/mol. The van der Waals surface area contributed by atoms with Gasteiger partial charge in [-0.15, -0.1) is 0 Å². The number of nitrogens with zero attached hydrogens (tertiary/aromatic N) is 2. The average molecular weight is 759 g/mol. The number of anilines is 5. The van der Waals surface area contributed by atoms with E-state index in [0.29, 0.717) is 0 Å². The quantitative estimate of drug-likeness (QED) is 0.165. The summed E-state index contributed by atoms with van der Waals surface area (Å²) in [5, 5.41) is 2.49. The Morgan fingerprint density at radius 3 is 1.73 bits per heavy atom. The van der Waals surface area contributed by atoms with Crippen LogP contribution < -0.4 is 9.80 Å². The molecular formula is C57H46N2. The van der Waals surface area contributed by atoms with E-state index >= 15 is 0 Å². The lowest BCUT2D eigenvalue weighted by molar-refractivity contribution is 0.563. The summed E-state index contributed by atoms with van der Waals surface area (Å²) in [5.74, 6) is 0. The van der Waals surface area contributed by atoms with E-state index in [1.807, 2.05) is 0 Å². The van der Waals surface area contributed by atoms with Crippen LogP contribution in [0.3, 0.4) is 0 Å². The van der Waals surface area contributed by atoms with Gasteiger partial charge in [-0.25, -0.2) is 0 Å². The van der Waals surface area contributed by atoms with Gasteiger partial charge in [0.1, 0.15) is 0 Å². The minimum Gasteiger partial charge on any atom is -0.341 e. The molecule has 4 aliphatic rings. The molecule has 2 heteroatoms. The van der Waals surface area contributed by atoms with Crippen molar-refractivity contribution >= 4 is 51.4 Å². The first-order valence-corrected chi connectivity index (χ1v) is 21.4. The Hall–Kier alpha value is -6.64. The van der Waals surface area contributed by atoms with Crippen LogP contribution >= 0.6 is 0 Å². The fraction of sp³-hybridized carbons (Fsp3) is 0.158. The van der Waals surface area contributed by atoms with Gasteiger partial charge in [-0.05, 0) is 146 Å². The molecule has 8 aromatic carbocycles. The van der Waals surface area contributed by atoms with Crippen molar-refractivity contribution in [2.24, 2.45) is 0 Å². The summed E-state index contributed by atoms with van der Waals surface area (Å²) in [6, 6.07) is 64.2. The van der Waals surface area contributed by atoms with Crippen LogP contribution in [-0.4, -0.2) is 6.54 Å². The summed E-state index contributed by atoms with van der Waals surface area (Å²) in [4.78, 5) is 5.00. The minimum absolute atomic E-state index is 0.0722. The third-order valence-corrected chi connectivity index (χ3v) is 14.1. The monoisotopic (exact) mass is 758 g/mol. The van der Waals surface area contributed by atoms with Gasteiger partial charge in [-0.3, -0.25) is 0 Å². The molecule has 8 aromatic rings. The van der Waals surface area contributed by atoms with Crippen LogP contribution in [0, 0.1) is 0 Å². The van der Waals surface area contributed by atoms with Crippen molar-refractivity contribution < 1.29 is 0 Å². The molecule has 2 heterocycles. The highest BCUT2D eigenvalue weighted by atomic mass is 15.2. The lowest BCUT2D eigenvalue weighted by Gasteiger charge is -2.42. The van der Waals surface area contributed by atoms with Crippen molar-refractivity contribution in [3.8, 4) is 11.1 Å². The lowest BCUT2D eigenvalue weighted by atomic mass is 9.73. The van der Waals surface area contributed by atoms with Gasteiger partial charge in [0.2, 0.25) is 0 Å². The first kappa shape index (κ1) is 34.4. The van der Waals surface area contributed by atoms with Crippen molar-refractivity contribution in [2.75, 3.05) is 16.3 Å². The van der Waals surface area contributed by atoms with Crippen LogP contribution in [0.25, 0.3) is 34.1 Å². The second kappa shape index (κ2) is 12.9. The normalized spacial score (nSPS) is 16.4. The van der Waals surface area contributed by atoms with E-state index in [4.69, 9.17) is 0 Å². The summed E-state index contributed by atoms with van der Waals surface area (Å²) < 4.78 is 0. The summed E-state index contributed by atoms with van der Waals surface area (Å²) >= 11 is 0. The Bertz CT molecular complexity index is 2960. The molecular weight excluding hydrogens is 713 g/mol. The van der Waals surface area contributed by atoms with Crippen molar-refractivity contribution in [1.29, 1.82) is 0 Å². The van der Waals surface area contributed by atoms with Gasteiger partial charge in [0.05, 0.1) is 11.4 Å². The molecule has 2 aliphatic carbocycles. The maximum atomic E-state index is 2.56. The lowest BCUT2D eigenvalue weighted by Crippen LogP contribution is -2.30. The first-order chi connectivity index (χ1) is 28.9. The highest BCUT2D eigenvalue weighted by Gasteiger charge is 2.47. The number of hydrogen-bond acceptors (Lipinski definition) is 2. The highest BCUT2D eigenvalue weighted by molar-refractivity contribution is 5.94. The number of para-hydroxylation sites is 3. The molecule has 12 rings (SSSR count). The van der Waals surface area contributed by atoms with Crippen LogP contribution in [0.4, 0.5) is 28.4 Å². The van der Waals surface area contributed by atoms with Gasteiger partial charge in [0.15, 0.2) is 0 Å². The fourth-order valence-electron chi connectivity index (χ4n) is 11.2. The van der Waals surface area contributed by atoms with E-state index in [9.17, 15) is 0 Å². The van der Waals surface area contributed by atoms with E-state index in [0.717, 1.165) is 25.8 Å². The minimum atomic E-state index is -0.0741. The van der Waals surface area contributed by atoms with Crippen LogP contribution in [0.2, 0.25) is 0 Å². The van der Waals surface area contributed by atoms with Crippen molar-refractivity contribution in [3.63, 3.8) is 0 Å². The number of benzene rings is 8. The van der Waals surface area contributed by atoms with Crippen LogP contribution in [0.5, 0.6) is 0 Å². The summed E-state index contributed by atoms with van der Waals surface area (Å²) in [5.41, 5.74) is 21.6. The third kappa shape index (κ3) is 5.25. The zero-order valence-electron chi connectivity index (χ0n) is 33.8. The molecule has 284 valence electrons. The molecule has 59 heavy (non-hydrogen) atoms. The molecule has 2 aliphatic heterocycles. The third-order valence-electron chi connectivity index (χ3n) is 14.1. The Morgan fingerprint density at radius 2 is 1.00 bits per heavy atom. The largest absolute Gasteiger partial charge is 0.341 e. The Balaban J connectivity index is 0.882.